The number of methoxy groups -OCH3 is 1. The third kappa shape index (κ3) is 5.91. The second kappa shape index (κ2) is 12.0. The zero-order valence-corrected chi connectivity index (χ0v) is 22.7. The van der Waals surface area contributed by atoms with Crippen molar-refractivity contribution in [3.63, 3.8) is 0 Å². The number of rotatable bonds is 8. The summed E-state index contributed by atoms with van der Waals surface area (Å²) in [4.78, 5) is 30.9. The van der Waals surface area contributed by atoms with Crippen LogP contribution >= 0.6 is 0 Å². The number of carbonyl (C=O) groups is 1. The first-order valence-corrected chi connectivity index (χ1v) is 13.0. The number of amides is 1. The molecule has 10 nitrogen and oxygen atoms in total. The predicted molar refractivity (Wildman–Crippen MR) is 149 cm³/mol. The van der Waals surface area contributed by atoms with E-state index in [9.17, 15) is 18.0 Å². The third-order valence-electron chi connectivity index (χ3n) is 7.08. The molecule has 0 bridgehead atoms. The van der Waals surface area contributed by atoms with Gasteiger partial charge in [0, 0.05) is 50.3 Å². The van der Waals surface area contributed by atoms with Gasteiger partial charge in [-0.15, -0.1) is 0 Å². The van der Waals surface area contributed by atoms with Crippen LogP contribution in [0, 0.1) is 17.5 Å². The molecule has 2 aliphatic heterocycles. The van der Waals surface area contributed by atoms with Crippen molar-refractivity contribution in [2.24, 2.45) is 0 Å². The number of halogens is 3. The zero-order chi connectivity index (χ0) is 29.1. The van der Waals surface area contributed by atoms with Crippen LogP contribution < -0.4 is 25.3 Å². The van der Waals surface area contributed by atoms with Crippen molar-refractivity contribution in [1.82, 2.24) is 14.9 Å². The predicted octanol–water partition coefficient (Wildman–Crippen LogP) is 4.41. The van der Waals surface area contributed by atoms with E-state index in [0.29, 0.717) is 29.4 Å². The van der Waals surface area contributed by atoms with Gasteiger partial charge in [-0.2, -0.15) is 0 Å². The number of aromatic nitrogens is 2. The van der Waals surface area contributed by atoms with Crippen LogP contribution in [-0.4, -0.2) is 67.7 Å². The molecule has 1 unspecified atom stereocenters. The lowest BCUT2D eigenvalue weighted by Gasteiger charge is -2.35. The van der Waals surface area contributed by atoms with Gasteiger partial charge in [-0.3, -0.25) is 9.63 Å². The normalized spacial score (nSPS) is 17.4. The lowest BCUT2D eigenvalue weighted by Crippen LogP contribution is -2.44. The monoisotopic (exact) mass is 569 g/mol. The Labute approximate surface area is 235 Å². The quantitative estimate of drug-likeness (QED) is 0.302. The van der Waals surface area contributed by atoms with Crippen molar-refractivity contribution in [1.29, 1.82) is 0 Å². The number of anilines is 5. The van der Waals surface area contributed by atoms with Crippen LogP contribution in [0.4, 0.5) is 41.9 Å². The standard InChI is InChI=1S/C28H30F3N7O3/c1-4-26(39)35-19-13-20(23(40-3)14-22(19)37-10-8-36(2)9-11-37)34-24-15-25(33-16-32-24)38-21(7-12-41-38)17-5-6-18(29)28(31)27(17)30/h4-6,13-16,21H,1,7-12H2,2-3H3,(H,35,39)(H,32,33,34). The number of nitrogens with one attached hydrogen (secondary N) is 2. The van der Waals surface area contributed by atoms with Crippen LogP contribution in [0.5, 0.6) is 5.75 Å². The van der Waals surface area contributed by atoms with Crippen LogP contribution in [0.15, 0.2) is 49.3 Å². The minimum atomic E-state index is -1.54. The van der Waals surface area contributed by atoms with E-state index >= 15 is 0 Å². The molecule has 216 valence electrons. The van der Waals surface area contributed by atoms with Gasteiger partial charge in [-0.1, -0.05) is 12.6 Å². The molecule has 2 aromatic carbocycles. The van der Waals surface area contributed by atoms with Gasteiger partial charge in [0.2, 0.25) is 5.91 Å². The second-order valence-corrected chi connectivity index (χ2v) is 9.67. The van der Waals surface area contributed by atoms with E-state index in [1.54, 1.807) is 19.2 Å². The Kier molecular flexibility index (Phi) is 8.26. The van der Waals surface area contributed by atoms with E-state index < -0.39 is 23.5 Å². The maximum Gasteiger partial charge on any atom is 0.247 e. The first-order valence-electron chi connectivity index (χ1n) is 13.0. The lowest BCUT2D eigenvalue weighted by atomic mass is 10.0. The molecule has 2 fully saturated rings. The molecule has 5 rings (SSSR count). The highest BCUT2D eigenvalue weighted by atomic mass is 19.2. The molecule has 2 N–H and O–H groups in total. The highest BCUT2D eigenvalue weighted by Crippen LogP contribution is 2.40. The van der Waals surface area contributed by atoms with Gasteiger partial charge in [0.1, 0.15) is 17.9 Å². The van der Waals surface area contributed by atoms with Gasteiger partial charge < -0.3 is 25.2 Å². The van der Waals surface area contributed by atoms with E-state index in [2.05, 4.69) is 44.0 Å². The molecule has 0 saturated carbocycles. The lowest BCUT2D eigenvalue weighted by molar-refractivity contribution is -0.111. The topological polar surface area (TPSA) is 95.1 Å². The fourth-order valence-corrected chi connectivity index (χ4v) is 4.88. The Morgan fingerprint density at radius 1 is 1.10 bits per heavy atom. The van der Waals surface area contributed by atoms with E-state index in [-0.39, 0.29) is 23.9 Å². The molecular formula is C28H30F3N7O3. The van der Waals surface area contributed by atoms with Gasteiger partial charge in [0.25, 0.3) is 0 Å². The highest BCUT2D eigenvalue weighted by Gasteiger charge is 2.33. The Bertz CT molecular complexity index is 1450. The smallest absolute Gasteiger partial charge is 0.247 e. The second-order valence-electron chi connectivity index (χ2n) is 9.67. The number of hydrogen-bond donors (Lipinski definition) is 2. The van der Waals surface area contributed by atoms with E-state index in [1.165, 1.54) is 23.5 Å². The van der Waals surface area contributed by atoms with Crippen molar-refractivity contribution >= 4 is 34.6 Å². The molecule has 13 heteroatoms. The van der Waals surface area contributed by atoms with E-state index in [1.807, 2.05) is 6.07 Å². The van der Waals surface area contributed by atoms with E-state index in [4.69, 9.17) is 9.57 Å². The molecular weight excluding hydrogens is 539 g/mol. The summed E-state index contributed by atoms with van der Waals surface area (Å²) in [5.74, 6) is -3.29. The Morgan fingerprint density at radius 2 is 1.88 bits per heavy atom. The molecule has 1 amide bonds. The number of ether oxygens (including phenoxy) is 1. The average molecular weight is 570 g/mol. The van der Waals surface area contributed by atoms with Gasteiger partial charge >= 0.3 is 0 Å². The minimum absolute atomic E-state index is 0.0433. The van der Waals surface area contributed by atoms with Crippen LogP contribution in [0.25, 0.3) is 0 Å². The number of carbonyl (C=O) groups excluding carboxylic acids is 1. The SMILES string of the molecule is C=CC(=O)Nc1cc(Nc2cc(N3OCCC3c3ccc(F)c(F)c3F)ncn2)c(OC)cc1N1CCN(C)CC1. The van der Waals surface area contributed by atoms with Crippen molar-refractivity contribution in [2.75, 3.05) is 67.5 Å². The summed E-state index contributed by atoms with van der Waals surface area (Å²) in [7, 11) is 3.60. The number of piperazine rings is 1. The average Bonchev–Trinajstić information content (AvgIpc) is 3.46. The van der Waals surface area contributed by atoms with Crippen molar-refractivity contribution in [2.45, 2.75) is 12.5 Å². The molecule has 2 aliphatic rings. The maximum atomic E-state index is 14.6. The highest BCUT2D eigenvalue weighted by molar-refractivity contribution is 6.02. The summed E-state index contributed by atoms with van der Waals surface area (Å²) >= 11 is 0. The molecule has 3 heterocycles. The molecule has 2 saturated heterocycles. The molecule has 3 aromatic rings. The first-order chi connectivity index (χ1) is 19.8. The van der Waals surface area contributed by atoms with Crippen molar-refractivity contribution in [3.05, 3.63) is 72.3 Å². The molecule has 0 aliphatic carbocycles. The Morgan fingerprint density at radius 3 is 2.61 bits per heavy atom. The van der Waals surface area contributed by atoms with Crippen LogP contribution in [0.3, 0.4) is 0 Å². The molecule has 0 spiro atoms. The minimum Gasteiger partial charge on any atom is -0.494 e. The largest absolute Gasteiger partial charge is 0.494 e. The maximum absolute atomic E-state index is 14.6. The number of hydrogen-bond acceptors (Lipinski definition) is 9. The number of benzene rings is 2. The number of likely N-dealkylation sites (N-methyl/N-ethyl adjacent to an activating group) is 1. The fourth-order valence-electron chi connectivity index (χ4n) is 4.88. The summed E-state index contributed by atoms with van der Waals surface area (Å²) in [6.07, 6.45) is 2.83. The Balaban J connectivity index is 1.45. The van der Waals surface area contributed by atoms with Gasteiger partial charge in [0.15, 0.2) is 23.3 Å². The van der Waals surface area contributed by atoms with Crippen molar-refractivity contribution < 1.29 is 27.5 Å². The first kappa shape index (κ1) is 28.2. The van der Waals surface area contributed by atoms with E-state index in [0.717, 1.165) is 37.9 Å². The number of hydroxylamine groups is 1. The summed E-state index contributed by atoms with van der Waals surface area (Å²) < 4.78 is 47.8. The van der Waals surface area contributed by atoms with Crippen LogP contribution in [0.2, 0.25) is 0 Å². The van der Waals surface area contributed by atoms with Gasteiger partial charge in [-0.05, 0) is 25.3 Å². The molecule has 1 aromatic heterocycles. The summed E-state index contributed by atoms with van der Waals surface area (Å²) in [6, 6.07) is 6.53. The van der Waals surface area contributed by atoms with Crippen molar-refractivity contribution in [3.8, 4) is 5.75 Å². The Hall–Kier alpha value is -4.36. The van der Waals surface area contributed by atoms with Crippen LogP contribution in [-0.2, 0) is 9.63 Å². The number of nitrogens with zero attached hydrogens (tertiary/aromatic N) is 5. The summed E-state index contributed by atoms with van der Waals surface area (Å²) in [5, 5.41) is 7.42. The third-order valence-corrected chi connectivity index (χ3v) is 7.08. The zero-order valence-electron chi connectivity index (χ0n) is 22.7. The summed E-state index contributed by atoms with van der Waals surface area (Å²) in [5.41, 5.74) is 1.84. The molecule has 41 heavy (non-hydrogen) atoms. The van der Waals surface area contributed by atoms with Gasteiger partial charge in [0.05, 0.1) is 36.8 Å². The molecule has 1 atom stereocenters. The summed E-state index contributed by atoms with van der Waals surface area (Å²) in [6.45, 7) is 7.06. The fraction of sp³-hybridized carbons (Fsp3) is 0.321. The molecule has 0 radical (unpaired) electrons. The van der Waals surface area contributed by atoms with Gasteiger partial charge in [-0.25, -0.2) is 28.2 Å². The van der Waals surface area contributed by atoms with Crippen LogP contribution in [0.1, 0.15) is 18.0 Å².